The maximum Gasteiger partial charge on any atom is 0.407 e. The molecule has 1 atom stereocenters. The van der Waals surface area contributed by atoms with Gasteiger partial charge in [0.05, 0.1) is 0 Å². The van der Waals surface area contributed by atoms with E-state index < -0.39 is 23.1 Å². The predicted octanol–water partition coefficient (Wildman–Crippen LogP) is 2.57. The van der Waals surface area contributed by atoms with E-state index in [1.165, 1.54) is 7.11 Å². The highest BCUT2D eigenvalue weighted by Gasteiger charge is 2.40. The molecule has 0 radical (unpaired) electrons. The SMILES string of the molecule is COCCC(CNC(=O)OC(C)(C)C)(C(=O)O)c1ccccc1. The van der Waals surface area contributed by atoms with E-state index in [9.17, 15) is 14.7 Å². The van der Waals surface area contributed by atoms with Gasteiger partial charge in [-0.05, 0) is 32.8 Å². The van der Waals surface area contributed by atoms with E-state index in [1.807, 2.05) is 6.07 Å². The number of amides is 1. The molecule has 0 aromatic heterocycles. The van der Waals surface area contributed by atoms with Gasteiger partial charge in [0, 0.05) is 20.3 Å². The molecule has 128 valence electrons. The highest BCUT2D eigenvalue weighted by atomic mass is 16.6. The average Bonchev–Trinajstić information content (AvgIpc) is 2.46. The van der Waals surface area contributed by atoms with Gasteiger partial charge in [-0.2, -0.15) is 0 Å². The first-order valence-corrected chi connectivity index (χ1v) is 7.46. The highest BCUT2D eigenvalue weighted by molar-refractivity contribution is 5.82. The Balaban J connectivity index is 2.99. The van der Waals surface area contributed by atoms with Gasteiger partial charge in [0.1, 0.15) is 11.0 Å². The number of hydrogen-bond acceptors (Lipinski definition) is 4. The zero-order valence-electron chi connectivity index (χ0n) is 14.1. The van der Waals surface area contributed by atoms with E-state index in [-0.39, 0.29) is 19.6 Å². The summed E-state index contributed by atoms with van der Waals surface area (Å²) < 4.78 is 10.2. The Labute approximate surface area is 136 Å². The number of nitrogens with one attached hydrogen (secondary N) is 1. The van der Waals surface area contributed by atoms with Gasteiger partial charge in [0.2, 0.25) is 0 Å². The monoisotopic (exact) mass is 323 g/mol. The molecule has 0 saturated heterocycles. The lowest BCUT2D eigenvalue weighted by molar-refractivity contribution is -0.144. The molecule has 6 heteroatoms. The van der Waals surface area contributed by atoms with Crippen LogP contribution in [0.5, 0.6) is 0 Å². The molecule has 1 unspecified atom stereocenters. The van der Waals surface area contributed by atoms with E-state index in [0.29, 0.717) is 5.56 Å². The zero-order valence-corrected chi connectivity index (χ0v) is 14.1. The topological polar surface area (TPSA) is 84.9 Å². The lowest BCUT2D eigenvalue weighted by Gasteiger charge is -2.30. The van der Waals surface area contributed by atoms with Gasteiger partial charge in [-0.1, -0.05) is 30.3 Å². The molecule has 0 saturated carbocycles. The summed E-state index contributed by atoms with van der Waals surface area (Å²) in [5, 5.41) is 12.4. The molecule has 23 heavy (non-hydrogen) atoms. The van der Waals surface area contributed by atoms with E-state index >= 15 is 0 Å². The predicted molar refractivity (Wildman–Crippen MR) is 86.5 cm³/mol. The standard InChI is InChI=1S/C17H25NO5/c1-16(2,3)23-15(21)18-12-17(14(19)20,10-11-22-4)13-8-6-5-7-9-13/h5-9H,10-12H2,1-4H3,(H,18,21)(H,19,20). The second kappa shape index (κ2) is 7.97. The Morgan fingerprint density at radius 2 is 1.78 bits per heavy atom. The van der Waals surface area contributed by atoms with E-state index in [2.05, 4.69) is 5.32 Å². The molecule has 1 aromatic rings. The molecular weight excluding hydrogens is 298 g/mol. The molecule has 1 aromatic carbocycles. The quantitative estimate of drug-likeness (QED) is 0.805. The number of carbonyl (C=O) groups excluding carboxylic acids is 1. The second-order valence-electron chi connectivity index (χ2n) is 6.35. The van der Waals surface area contributed by atoms with Crippen LogP contribution in [-0.4, -0.2) is 43.0 Å². The summed E-state index contributed by atoms with van der Waals surface area (Å²) in [6.45, 7) is 5.43. The molecule has 0 aliphatic rings. The van der Waals surface area contributed by atoms with Gasteiger partial charge in [-0.15, -0.1) is 0 Å². The normalized spacial score (nSPS) is 13.9. The Kier molecular flexibility index (Phi) is 6.57. The van der Waals surface area contributed by atoms with Crippen LogP contribution in [0.4, 0.5) is 4.79 Å². The minimum Gasteiger partial charge on any atom is -0.481 e. The molecule has 2 N–H and O–H groups in total. The number of methoxy groups -OCH3 is 1. The van der Waals surface area contributed by atoms with Crippen molar-refractivity contribution in [2.24, 2.45) is 0 Å². The third kappa shape index (κ3) is 5.56. The summed E-state index contributed by atoms with van der Waals surface area (Å²) in [4.78, 5) is 23.9. The lowest BCUT2D eigenvalue weighted by atomic mass is 9.77. The summed E-state index contributed by atoms with van der Waals surface area (Å²) in [5.74, 6) is -1.02. The van der Waals surface area contributed by atoms with Crippen LogP contribution in [0.1, 0.15) is 32.8 Å². The van der Waals surface area contributed by atoms with Crippen molar-refractivity contribution in [3.8, 4) is 0 Å². The van der Waals surface area contributed by atoms with Crippen LogP contribution in [0.3, 0.4) is 0 Å². The van der Waals surface area contributed by atoms with Crippen molar-refractivity contribution in [2.45, 2.75) is 38.2 Å². The number of benzene rings is 1. The summed E-state index contributed by atoms with van der Waals surface area (Å²) in [5.41, 5.74) is -1.30. The minimum atomic E-state index is -1.27. The summed E-state index contributed by atoms with van der Waals surface area (Å²) in [7, 11) is 1.51. The summed E-state index contributed by atoms with van der Waals surface area (Å²) in [6.07, 6.45) is -0.407. The van der Waals surface area contributed by atoms with Crippen LogP contribution >= 0.6 is 0 Å². The number of carbonyl (C=O) groups is 2. The summed E-state index contributed by atoms with van der Waals surface area (Å²) >= 11 is 0. The number of carboxylic acids is 1. The van der Waals surface area contributed by atoms with Crippen molar-refractivity contribution in [2.75, 3.05) is 20.3 Å². The van der Waals surface area contributed by atoms with Crippen LogP contribution in [0, 0.1) is 0 Å². The molecule has 1 rings (SSSR count). The molecule has 0 spiro atoms. The maximum absolute atomic E-state index is 12.0. The van der Waals surface area contributed by atoms with Gasteiger partial charge in [-0.25, -0.2) is 4.79 Å². The first-order valence-electron chi connectivity index (χ1n) is 7.46. The van der Waals surface area contributed by atoms with Crippen molar-refractivity contribution in [3.63, 3.8) is 0 Å². The molecule has 1 amide bonds. The number of ether oxygens (including phenoxy) is 2. The molecular formula is C17H25NO5. The van der Waals surface area contributed by atoms with Crippen LogP contribution in [0.15, 0.2) is 30.3 Å². The molecule has 0 aliphatic carbocycles. The third-order valence-electron chi connectivity index (χ3n) is 3.40. The van der Waals surface area contributed by atoms with Gasteiger partial charge in [0.25, 0.3) is 0 Å². The number of carboxylic acid groups (broad SMARTS) is 1. The first-order chi connectivity index (χ1) is 10.7. The Bertz CT molecular complexity index is 524. The van der Waals surface area contributed by atoms with Gasteiger partial charge in [0.15, 0.2) is 0 Å². The molecule has 0 fully saturated rings. The van der Waals surface area contributed by atoms with Crippen LogP contribution in [0.25, 0.3) is 0 Å². The third-order valence-corrected chi connectivity index (χ3v) is 3.40. The number of hydrogen-bond donors (Lipinski definition) is 2. The van der Waals surface area contributed by atoms with E-state index in [4.69, 9.17) is 9.47 Å². The van der Waals surface area contributed by atoms with E-state index in [0.717, 1.165) is 0 Å². The van der Waals surface area contributed by atoms with E-state index in [1.54, 1.807) is 45.0 Å². The highest BCUT2D eigenvalue weighted by Crippen LogP contribution is 2.28. The smallest absolute Gasteiger partial charge is 0.407 e. The zero-order chi connectivity index (χ0) is 17.5. The minimum absolute atomic E-state index is 0.0787. The van der Waals surface area contributed by atoms with Gasteiger partial charge >= 0.3 is 12.1 Å². The average molecular weight is 323 g/mol. The van der Waals surface area contributed by atoms with Crippen molar-refractivity contribution >= 4 is 12.1 Å². The molecule has 0 aliphatic heterocycles. The van der Waals surface area contributed by atoms with Crippen LogP contribution < -0.4 is 5.32 Å². The van der Waals surface area contributed by atoms with Gasteiger partial charge < -0.3 is 19.9 Å². The largest absolute Gasteiger partial charge is 0.481 e. The Morgan fingerprint density at radius 1 is 1.17 bits per heavy atom. The lowest BCUT2D eigenvalue weighted by Crippen LogP contribution is -2.48. The van der Waals surface area contributed by atoms with Crippen molar-refractivity contribution in [1.29, 1.82) is 0 Å². The molecule has 0 heterocycles. The Morgan fingerprint density at radius 3 is 2.26 bits per heavy atom. The van der Waals surface area contributed by atoms with Crippen molar-refractivity contribution < 1.29 is 24.2 Å². The number of rotatable bonds is 7. The fourth-order valence-electron chi connectivity index (χ4n) is 2.21. The second-order valence-corrected chi connectivity index (χ2v) is 6.35. The Hall–Kier alpha value is -2.08. The van der Waals surface area contributed by atoms with Crippen LogP contribution in [0.2, 0.25) is 0 Å². The number of aliphatic carboxylic acids is 1. The fraction of sp³-hybridized carbons (Fsp3) is 0.529. The maximum atomic E-state index is 12.0. The molecule has 6 nitrogen and oxygen atoms in total. The van der Waals surface area contributed by atoms with Crippen molar-refractivity contribution in [1.82, 2.24) is 5.32 Å². The van der Waals surface area contributed by atoms with Crippen LogP contribution in [-0.2, 0) is 19.7 Å². The molecule has 0 bridgehead atoms. The summed E-state index contributed by atoms with van der Waals surface area (Å²) in [6, 6.07) is 8.83. The van der Waals surface area contributed by atoms with Gasteiger partial charge in [-0.3, -0.25) is 4.79 Å². The first kappa shape index (κ1) is 19.0. The number of alkyl carbamates (subject to hydrolysis) is 1. The fourth-order valence-corrected chi connectivity index (χ4v) is 2.21. The van der Waals surface area contributed by atoms with Crippen molar-refractivity contribution in [3.05, 3.63) is 35.9 Å².